The highest BCUT2D eigenvalue weighted by Gasteiger charge is 2.03. The van der Waals surface area contributed by atoms with Crippen LogP contribution in [0.5, 0.6) is 0 Å². The van der Waals surface area contributed by atoms with E-state index in [4.69, 9.17) is 0 Å². The standard InChI is InChI=1S/C14H15N5S/c1-10-17-14(9-20-10)11-3-5-12(6-4-11)15-7-13-8-16-18-19(13)2/h3-6,8-9,15H,7H2,1-2H3. The van der Waals surface area contributed by atoms with Crippen LogP contribution in [0.25, 0.3) is 11.3 Å². The first-order chi connectivity index (χ1) is 9.72. The number of aromatic nitrogens is 4. The van der Waals surface area contributed by atoms with E-state index in [9.17, 15) is 0 Å². The van der Waals surface area contributed by atoms with Crippen molar-refractivity contribution < 1.29 is 0 Å². The molecule has 0 saturated carbocycles. The predicted molar refractivity (Wildman–Crippen MR) is 80.6 cm³/mol. The molecule has 2 aromatic heterocycles. The highest BCUT2D eigenvalue weighted by Crippen LogP contribution is 2.23. The topological polar surface area (TPSA) is 55.6 Å². The molecule has 0 spiro atoms. The molecule has 102 valence electrons. The summed E-state index contributed by atoms with van der Waals surface area (Å²) in [7, 11) is 1.89. The van der Waals surface area contributed by atoms with E-state index in [1.165, 1.54) is 0 Å². The molecule has 0 bridgehead atoms. The van der Waals surface area contributed by atoms with E-state index in [1.54, 1.807) is 22.2 Å². The molecule has 3 aromatic rings. The molecule has 20 heavy (non-hydrogen) atoms. The molecule has 1 N–H and O–H groups in total. The van der Waals surface area contributed by atoms with Crippen molar-refractivity contribution in [3.8, 4) is 11.3 Å². The van der Waals surface area contributed by atoms with Gasteiger partial charge in [-0.2, -0.15) is 0 Å². The number of anilines is 1. The van der Waals surface area contributed by atoms with Crippen molar-refractivity contribution in [2.45, 2.75) is 13.5 Å². The summed E-state index contributed by atoms with van der Waals surface area (Å²) < 4.78 is 1.76. The van der Waals surface area contributed by atoms with Crippen molar-refractivity contribution in [1.82, 2.24) is 20.0 Å². The summed E-state index contributed by atoms with van der Waals surface area (Å²) in [6, 6.07) is 8.29. The minimum Gasteiger partial charge on any atom is -0.379 e. The summed E-state index contributed by atoms with van der Waals surface area (Å²) in [6.45, 7) is 2.73. The lowest BCUT2D eigenvalue weighted by atomic mass is 10.1. The van der Waals surface area contributed by atoms with Crippen LogP contribution >= 0.6 is 11.3 Å². The number of hydrogen-bond donors (Lipinski definition) is 1. The fourth-order valence-corrected chi connectivity index (χ4v) is 2.54. The number of nitrogens with zero attached hydrogens (tertiary/aromatic N) is 4. The van der Waals surface area contributed by atoms with Crippen LogP contribution in [0.3, 0.4) is 0 Å². The fraction of sp³-hybridized carbons (Fsp3) is 0.214. The molecule has 0 aliphatic rings. The van der Waals surface area contributed by atoms with Crippen molar-refractivity contribution >= 4 is 17.0 Å². The Labute approximate surface area is 121 Å². The zero-order chi connectivity index (χ0) is 13.9. The molecule has 5 nitrogen and oxygen atoms in total. The van der Waals surface area contributed by atoms with Crippen LogP contribution in [0, 0.1) is 6.92 Å². The van der Waals surface area contributed by atoms with Gasteiger partial charge in [0, 0.05) is 23.7 Å². The smallest absolute Gasteiger partial charge is 0.0901 e. The van der Waals surface area contributed by atoms with Crippen LogP contribution in [-0.2, 0) is 13.6 Å². The van der Waals surface area contributed by atoms with Gasteiger partial charge in [-0.3, -0.25) is 4.68 Å². The lowest BCUT2D eigenvalue weighted by Gasteiger charge is -2.06. The van der Waals surface area contributed by atoms with Crippen molar-refractivity contribution in [3.05, 3.63) is 46.5 Å². The van der Waals surface area contributed by atoms with E-state index in [0.29, 0.717) is 6.54 Å². The summed E-state index contributed by atoms with van der Waals surface area (Å²) in [5, 5.41) is 14.3. The predicted octanol–water partition coefficient (Wildman–Crippen LogP) is 2.86. The molecule has 2 heterocycles. The Balaban J connectivity index is 1.69. The van der Waals surface area contributed by atoms with E-state index >= 15 is 0 Å². The van der Waals surface area contributed by atoms with Gasteiger partial charge in [0.05, 0.1) is 29.1 Å². The lowest BCUT2D eigenvalue weighted by Crippen LogP contribution is -2.05. The number of benzene rings is 1. The number of rotatable bonds is 4. The third-order valence-electron chi connectivity index (χ3n) is 3.08. The second-order valence-electron chi connectivity index (χ2n) is 4.53. The van der Waals surface area contributed by atoms with Crippen molar-refractivity contribution in [2.24, 2.45) is 7.05 Å². The van der Waals surface area contributed by atoms with Gasteiger partial charge in [0.1, 0.15) is 0 Å². The average Bonchev–Trinajstić information content (AvgIpc) is 3.06. The van der Waals surface area contributed by atoms with Crippen molar-refractivity contribution in [3.63, 3.8) is 0 Å². The number of nitrogens with one attached hydrogen (secondary N) is 1. The van der Waals surface area contributed by atoms with Gasteiger partial charge in [-0.05, 0) is 19.1 Å². The minimum absolute atomic E-state index is 0.707. The van der Waals surface area contributed by atoms with Gasteiger partial charge in [-0.15, -0.1) is 16.4 Å². The Morgan fingerprint density at radius 1 is 1.25 bits per heavy atom. The third kappa shape index (κ3) is 2.70. The van der Waals surface area contributed by atoms with E-state index in [1.807, 2.05) is 14.0 Å². The largest absolute Gasteiger partial charge is 0.379 e. The van der Waals surface area contributed by atoms with Crippen molar-refractivity contribution in [1.29, 1.82) is 0 Å². The van der Waals surface area contributed by atoms with Crippen LogP contribution in [0.15, 0.2) is 35.8 Å². The van der Waals surface area contributed by atoms with Crippen LogP contribution in [0.2, 0.25) is 0 Å². The Morgan fingerprint density at radius 2 is 2.05 bits per heavy atom. The quantitative estimate of drug-likeness (QED) is 0.801. The molecule has 0 atom stereocenters. The highest BCUT2D eigenvalue weighted by molar-refractivity contribution is 7.09. The molecule has 0 saturated heterocycles. The van der Waals surface area contributed by atoms with Gasteiger partial charge < -0.3 is 5.32 Å². The molecule has 3 rings (SSSR count). The molecule has 0 aliphatic carbocycles. The number of hydrogen-bond acceptors (Lipinski definition) is 5. The van der Waals surface area contributed by atoms with Gasteiger partial charge in [-0.1, -0.05) is 17.3 Å². The molecule has 0 fully saturated rings. The second kappa shape index (κ2) is 5.42. The van der Waals surface area contributed by atoms with E-state index in [0.717, 1.165) is 27.6 Å². The Morgan fingerprint density at radius 3 is 2.65 bits per heavy atom. The van der Waals surface area contributed by atoms with Gasteiger partial charge in [0.25, 0.3) is 0 Å². The number of aryl methyl sites for hydroxylation is 2. The zero-order valence-corrected chi connectivity index (χ0v) is 12.2. The molecular weight excluding hydrogens is 270 g/mol. The summed E-state index contributed by atoms with van der Waals surface area (Å²) in [6.07, 6.45) is 1.76. The highest BCUT2D eigenvalue weighted by atomic mass is 32.1. The maximum absolute atomic E-state index is 4.49. The van der Waals surface area contributed by atoms with Gasteiger partial charge >= 0.3 is 0 Å². The van der Waals surface area contributed by atoms with Gasteiger partial charge in [-0.25, -0.2) is 4.98 Å². The first-order valence-corrected chi connectivity index (χ1v) is 7.20. The van der Waals surface area contributed by atoms with Gasteiger partial charge in [0.2, 0.25) is 0 Å². The average molecular weight is 285 g/mol. The van der Waals surface area contributed by atoms with E-state index in [2.05, 4.69) is 50.3 Å². The van der Waals surface area contributed by atoms with Crippen LogP contribution in [0.1, 0.15) is 10.7 Å². The van der Waals surface area contributed by atoms with Crippen LogP contribution in [0.4, 0.5) is 5.69 Å². The molecular formula is C14H15N5S. The SMILES string of the molecule is Cc1nc(-c2ccc(NCc3cnnn3C)cc2)cs1. The minimum atomic E-state index is 0.707. The maximum Gasteiger partial charge on any atom is 0.0901 e. The molecule has 0 amide bonds. The van der Waals surface area contributed by atoms with Gasteiger partial charge in [0.15, 0.2) is 0 Å². The van der Waals surface area contributed by atoms with Crippen LogP contribution < -0.4 is 5.32 Å². The first kappa shape index (κ1) is 12.8. The third-order valence-corrected chi connectivity index (χ3v) is 3.86. The summed E-state index contributed by atoms with van der Waals surface area (Å²) in [5.41, 5.74) is 4.29. The normalized spacial score (nSPS) is 10.7. The van der Waals surface area contributed by atoms with Crippen molar-refractivity contribution in [2.75, 3.05) is 5.32 Å². The summed E-state index contributed by atoms with van der Waals surface area (Å²) in [4.78, 5) is 4.49. The molecule has 1 aromatic carbocycles. The number of thiazole rings is 1. The lowest BCUT2D eigenvalue weighted by molar-refractivity contribution is 0.683. The Bertz CT molecular complexity index is 698. The van der Waals surface area contributed by atoms with E-state index in [-0.39, 0.29) is 0 Å². The van der Waals surface area contributed by atoms with E-state index < -0.39 is 0 Å². The molecule has 0 radical (unpaired) electrons. The summed E-state index contributed by atoms with van der Waals surface area (Å²) in [5.74, 6) is 0. The first-order valence-electron chi connectivity index (χ1n) is 6.32. The molecule has 0 aliphatic heterocycles. The fourth-order valence-electron chi connectivity index (χ4n) is 1.92. The summed E-state index contributed by atoms with van der Waals surface area (Å²) >= 11 is 1.67. The monoisotopic (exact) mass is 285 g/mol. The molecule has 6 heteroatoms. The second-order valence-corrected chi connectivity index (χ2v) is 5.59. The van der Waals surface area contributed by atoms with Crippen LogP contribution in [-0.4, -0.2) is 20.0 Å². The maximum atomic E-state index is 4.49. The Kier molecular flexibility index (Phi) is 3.47. The molecule has 0 unspecified atom stereocenters. The Hall–Kier alpha value is -2.21. The zero-order valence-electron chi connectivity index (χ0n) is 11.4.